The zero-order valence-corrected chi connectivity index (χ0v) is 20.7. The average molecular weight is 514 g/mol. The molecule has 4 rings (SSSR count). The zero-order valence-electron chi connectivity index (χ0n) is 19.8. The minimum atomic E-state index is 0. The van der Waals surface area contributed by atoms with Gasteiger partial charge in [0.25, 0.3) is 0 Å². The first kappa shape index (κ1) is 27.6. The second-order valence-electron chi connectivity index (χ2n) is 7.85. The molecular formula is C30H30CuN2O2. The quantitative estimate of drug-likeness (QED) is 0.212. The number of aromatic hydroxyl groups is 2. The number of phenolic OH excluding ortho intramolecular Hbond substituents is 2. The third-order valence-corrected chi connectivity index (χ3v) is 5.31. The first-order chi connectivity index (χ1) is 16.5. The van der Waals surface area contributed by atoms with Gasteiger partial charge < -0.3 is 10.2 Å². The van der Waals surface area contributed by atoms with Crippen molar-refractivity contribution in [2.45, 2.75) is 25.9 Å². The van der Waals surface area contributed by atoms with Gasteiger partial charge in [-0.05, 0) is 49.2 Å². The number of aliphatic imine (C=N–C) groups is 2. The van der Waals surface area contributed by atoms with E-state index in [9.17, 15) is 10.2 Å². The Bertz CT molecular complexity index is 1110. The normalized spacial score (nSPS) is 12.4. The van der Waals surface area contributed by atoms with E-state index < -0.39 is 0 Å². The molecule has 0 bridgehead atoms. The van der Waals surface area contributed by atoms with Crippen molar-refractivity contribution < 1.29 is 27.3 Å². The molecule has 0 aliphatic rings. The van der Waals surface area contributed by atoms with Crippen molar-refractivity contribution in [3.8, 4) is 11.5 Å². The molecule has 0 unspecified atom stereocenters. The SMILES string of the molecule is C[C@@H](N=Cc1ccccc1O)c1ccccc1.C[C@@H](N=Cc1ccccc1O)c1ccccc1.[Cu]. The summed E-state index contributed by atoms with van der Waals surface area (Å²) >= 11 is 0. The summed E-state index contributed by atoms with van der Waals surface area (Å²) in [6.45, 7) is 4.07. The van der Waals surface area contributed by atoms with Crippen LogP contribution in [0.25, 0.3) is 0 Å². The van der Waals surface area contributed by atoms with Crippen molar-refractivity contribution in [2.24, 2.45) is 9.98 Å². The number of hydrogen-bond donors (Lipinski definition) is 2. The maximum Gasteiger partial charge on any atom is 0.124 e. The summed E-state index contributed by atoms with van der Waals surface area (Å²) in [7, 11) is 0. The number of phenols is 2. The van der Waals surface area contributed by atoms with Gasteiger partial charge in [0.05, 0.1) is 12.1 Å². The monoisotopic (exact) mass is 513 g/mol. The molecule has 4 nitrogen and oxygen atoms in total. The summed E-state index contributed by atoms with van der Waals surface area (Å²) in [5.74, 6) is 0.521. The molecule has 0 saturated heterocycles. The van der Waals surface area contributed by atoms with Crippen LogP contribution in [0.5, 0.6) is 11.5 Å². The van der Waals surface area contributed by atoms with Gasteiger partial charge in [0, 0.05) is 40.6 Å². The van der Waals surface area contributed by atoms with Crippen LogP contribution in [0.1, 0.15) is 48.2 Å². The molecule has 1 radical (unpaired) electrons. The minimum Gasteiger partial charge on any atom is -0.507 e. The van der Waals surface area contributed by atoms with Gasteiger partial charge in [-0.25, -0.2) is 0 Å². The van der Waals surface area contributed by atoms with Crippen molar-refractivity contribution in [1.82, 2.24) is 0 Å². The van der Waals surface area contributed by atoms with E-state index in [0.717, 1.165) is 11.1 Å². The Balaban J connectivity index is 0.000000240. The molecule has 0 fully saturated rings. The molecule has 35 heavy (non-hydrogen) atoms. The second-order valence-corrected chi connectivity index (χ2v) is 7.85. The Morgan fingerprint density at radius 3 is 1.17 bits per heavy atom. The predicted molar refractivity (Wildman–Crippen MR) is 141 cm³/mol. The van der Waals surface area contributed by atoms with E-state index in [4.69, 9.17) is 0 Å². The third-order valence-electron chi connectivity index (χ3n) is 5.31. The molecule has 0 saturated carbocycles. The van der Waals surface area contributed by atoms with E-state index in [1.54, 1.807) is 36.7 Å². The molecule has 2 N–H and O–H groups in total. The van der Waals surface area contributed by atoms with Crippen molar-refractivity contribution in [2.75, 3.05) is 0 Å². The van der Waals surface area contributed by atoms with Crippen LogP contribution in [0.2, 0.25) is 0 Å². The first-order valence-corrected chi connectivity index (χ1v) is 11.3. The molecule has 183 valence electrons. The Kier molecular flexibility index (Phi) is 11.5. The first-order valence-electron chi connectivity index (χ1n) is 11.3. The summed E-state index contributed by atoms with van der Waals surface area (Å²) < 4.78 is 0. The number of hydrogen-bond acceptors (Lipinski definition) is 4. The van der Waals surface area contributed by atoms with Gasteiger partial charge in [-0.3, -0.25) is 9.98 Å². The standard InChI is InChI=1S/2C15H15NO.Cu/c2*1-12(13-7-3-2-4-8-13)16-11-14-9-5-6-10-15(14)17;/h2*2-12,17H,1H3;/t2*12-;/m11./s1. The van der Waals surface area contributed by atoms with Crippen LogP contribution >= 0.6 is 0 Å². The Hall–Kier alpha value is -3.66. The largest absolute Gasteiger partial charge is 0.507 e. The molecular weight excluding hydrogens is 484 g/mol. The summed E-state index contributed by atoms with van der Waals surface area (Å²) in [5, 5.41) is 19.2. The Morgan fingerprint density at radius 1 is 0.514 bits per heavy atom. The van der Waals surface area contributed by atoms with E-state index in [1.165, 1.54) is 11.1 Å². The van der Waals surface area contributed by atoms with Gasteiger partial charge in [-0.1, -0.05) is 84.9 Å². The van der Waals surface area contributed by atoms with Crippen LogP contribution in [-0.4, -0.2) is 22.6 Å². The van der Waals surface area contributed by atoms with Crippen molar-refractivity contribution in [1.29, 1.82) is 0 Å². The number of benzene rings is 4. The van der Waals surface area contributed by atoms with Crippen molar-refractivity contribution >= 4 is 12.4 Å². The van der Waals surface area contributed by atoms with Crippen LogP contribution < -0.4 is 0 Å². The topological polar surface area (TPSA) is 65.2 Å². The molecule has 0 aliphatic carbocycles. The van der Waals surface area contributed by atoms with Crippen LogP contribution in [0.15, 0.2) is 119 Å². The van der Waals surface area contributed by atoms with Crippen LogP contribution in [0, 0.1) is 0 Å². The Labute approximate surface area is 218 Å². The summed E-state index contributed by atoms with van der Waals surface area (Å²) in [6, 6.07) is 34.7. The van der Waals surface area contributed by atoms with Crippen LogP contribution in [0.4, 0.5) is 0 Å². The van der Waals surface area contributed by atoms with E-state index in [2.05, 4.69) is 9.98 Å². The molecule has 0 aromatic heterocycles. The summed E-state index contributed by atoms with van der Waals surface area (Å²) in [5.41, 5.74) is 3.82. The molecule has 4 aromatic rings. The fourth-order valence-corrected chi connectivity index (χ4v) is 3.21. The molecule has 0 heterocycles. The minimum absolute atomic E-state index is 0. The van der Waals surface area contributed by atoms with E-state index in [0.29, 0.717) is 0 Å². The zero-order chi connectivity index (χ0) is 24.2. The summed E-state index contributed by atoms with van der Waals surface area (Å²) in [4.78, 5) is 8.88. The van der Waals surface area contributed by atoms with Gasteiger partial charge in [-0.2, -0.15) is 0 Å². The number of nitrogens with zero attached hydrogens (tertiary/aromatic N) is 2. The number of para-hydroxylation sites is 2. The predicted octanol–water partition coefficient (Wildman–Crippen LogP) is 7.14. The number of rotatable bonds is 6. The van der Waals surface area contributed by atoms with Crippen LogP contribution in [0.3, 0.4) is 0 Å². The molecule has 4 aromatic carbocycles. The van der Waals surface area contributed by atoms with Gasteiger partial charge in [0.15, 0.2) is 0 Å². The fourth-order valence-electron chi connectivity index (χ4n) is 3.21. The smallest absolute Gasteiger partial charge is 0.124 e. The third kappa shape index (κ3) is 8.89. The Morgan fingerprint density at radius 2 is 0.829 bits per heavy atom. The molecule has 2 atom stereocenters. The van der Waals surface area contributed by atoms with Gasteiger partial charge in [-0.15, -0.1) is 0 Å². The van der Waals surface area contributed by atoms with Gasteiger partial charge >= 0.3 is 0 Å². The second kappa shape index (κ2) is 14.6. The van der Waals surface area contributed by atoms with Crippen molar-refractivity contribution in [3.05, 3.63) is 131 Å². The maximum absolute atomic E-state index is 9.60. The van der Waals surface area contributed by atoms with Crippen molar-refractivity contribution in [3.63, 3.8) is 0 Å². The fraction of sp³-hybridized carbons (Fsp3) is 0.133. The van der Waals surface area contributed by atoms with E-state index >= 15 is 0 Å². The average Bonchev–Trinajstić information content (AvgIpc) is 2.89. The summed E-state index contributed by atoms with van der Waals surface area (Å²) in [6.07, 6.45) is 3.43. The molecule has 0 aliphatic heterocycles. The van der Waals surface area contributed by atoms with E-state index in [-0.39, 0.29) is 40.7 Å². The van der Waals surface area contributed by atoms with E-state index in [1.807, 2.05) is 98.8 Å². The van der Waals surface area contributed by atoms with Gasteiger partial charge in [0.2, 0.25) is 0 Å². The van der Waals surface area contributed by atoms with Crippen LogP contribution in [-0.2, 0) is 17.1 Å². The molecule has 0 spiro atoms. The van der Waals surface area contributed by atoms with Gasteiger partial charge in [0.1, 0.15) is 11.5 Å². The molecule has 0 amide bonds. The maximum atomic E-state index is 9.60. The molecule has 5 heteroatoms.